The molecule has 0 amide bonds. The molecule has 1 heterocycles. The van der Waals surface area contributed by atoms with Crippen molar-refractivity contribution in [3.63, 3.8) is 0 Å². The fourth-order valence-corrected chi connectivity index (χ4v) is 4.68. The Kier molecular flexibility index (Phi) is 4.88. The number of thiophene rings is 1. The van der Waals surface area contributed by atoms with Crippen LogP contribution in [0.15, 0.2) is 24.3 Å². The summed E-state index contributed by atoms with van der Waals surface area (Å²) in [5, 5.41) is 0.245. The number of hydrogen-bond acceptors (Lipinski definition) is 1. The van der Waals surface area contributed by atoms with E-state index in [1.54, 1.807) is 23.5 Å². The van der Waals surface area contributed by atoms with E-state index in [4.69, 9.17) is 23.2 Å². The lowest BCUT2D eigenvalue weighted by Gasteiger charge is -2.10. The molecular weight excluding hydrogens is 326 g/mol. The Bertz CT molecular complexity index is 592. The average Bonchev–Trinajstić information content (AvgIpc) is 2.74. The maximum atomic E-state index is 13.9. The highest BCUT2D eigenvalue weighted by Crippen LogP contribution is 2.37. The molecule has 0 bridgehead atoms. The van der Waals surface area contributed by atoms with Crippen molar-refractivity contribution in [3.05, 3.63) is 56.0 Å². The minimum absolute atomic E-state index is 0.212. The van der Waals surface area contributed by atoms with Crippen molar-refractivity contribution in [1.82, 2.24) is 0 Å². The van der Waals surface area contributed by atoms with Gasteiger partial charge in [-0.2, -0.15) is 0 Å². The molecule has 1 aromatic heterocycles. The van der Waals surface area contributed by atoms with Crippen LogP contribution in [0, 0.1) is 5.82 Å². The maximum absolute atomic E-state index is 13.9. The molecule has 1 unspecified atom stereocenters. The van der Waals surface area contributed by atoms with E-state index in [-0.39, 0.29) is 11.2 Å². The van der Waals surface area contributed by atoms with Crippen LogP contribution in [0.4, 0.5) is 4.39 Å². The summed E-state index contributed by atoms with van der Waals surface area (Å²) in [6.07, 6.45) is 6.58. The second kappa shape index (κ2) is 6.68. The smallest absolute Gasteiger partial charge is 0.127 e. The topological polar surface area (TPSA) is 0 Å². The van der Waals surface area contributed by atoms with E-state index in [9.17, 15) is 4.39 Å². The normalized spacial score (nSPS) is 16.3. The van der Waals surface area contributed by atoms with Crippen LogP contribution in [0.25, 0.3) is 0 Å². The highest BCUT2D eigenvalue weighted by Gasteiger charge is 2.19. The Morgan fingerprint density at radius 2 is 2.00 bits per heavy atom. The number of alkyl halides is 1. The average molecular weight is 343 g/mol. The molecule has 2 aromatic rings. The third kappa shape index (κ3) is 3.44. The first-order chi connectivity index (χ1) is 10.1. The van der Waals surface area contributed by atoms with Crippen LogP contribution in [0.3, 0.4) is 0 Å². The Morgan fingerprint density at radius 1 is 1.19 bits per heavy atom. The van der Waals surface area contributed by atoms with Crippen LogP contribution in [0.5, 0.6) is 0 Å². The van der Waals surface area contributed by atoms with Gasteiger partial charge < -0.3 is 0 Å². The summed E-state index contributed by atoms with van der Waals surface area (Å²) in [5.74, 6) is -0.272. The largest absolute Gasteiger partial charge is 0.207 e. The lowest BCUT2D eigenvalue weighted by molar-refractivity contribution is 0.608. The van der Waals surface area contributed by atoms with Crippen molar-refractivity contribution >= 4 is 34.5 Å². The zero-order valence-electron chi connectivity index (χ0n) is 11.7. The van der Waals surface area contributed by atoms with E-state index >= 15 is 0 Å². The molecule has 4 heteroatoms. The molecule has 0 fully saturated rings. The molecule has 1 aliphatic rings. The van der Waals surface area contributed by atoms with Crippen molar-refractivity contribution in [1.29, 1.82) is 0 Å². The van der Waals surface area contributed by atoms with Crippen molar-refractivity contribution in [2.75, 3.05) is 0 Å². The van der Waals surface area contributed by atoms with Gasteiger partial charge in [0, 0.05) is 20.3 Å². The Labute approximate surface area is 138 Å². The summed E-state index contributed by atoms with van der Waals surface area (Å²) in [6.45, 7) is 0. The van der Waals surface area contributed by atoms with E-state index < -0.39 is 0 Å². The molecule has 1 atom stereocenters. The van der Waals surface area contributed by atoms with Gasteiger partial charge in [-0.15, -0.1) is 22.9 Å². The maximum Gasteiger partial charge on any atom is 0.127 e. The van der Waals surface area contributed by atoms with Gasteiger partial charge in [-0.3, -0.25) is 0 Å². The minimum Gasteiger partial charge on any atom is -0.207 e. The van der Waals surface area contributed by atoms with E-state index in [1.807, 2.05) is 0 Å². The summed E-state index contributed by atoms with van der Waals surface area (Å²) in [5.41, 5.74) is 1.96. The summed E-state index contributed by atoms with van der Waals surface area (Å²) in [4.78, 5) is 2.61. The summed E-state index contributed by atoms with van der Waals surface area (Å²) in [6, 6.07) is 7.00. The molecule has 0 radical (unpaired) electrons. The van der Waals surface area contributed by atoms with Crippen molar-refractivity contribution in [3.8, 4) is 0 Å². The van der Waals surface area contributed by atoms with Crippen LogP contribution in [-0.2, 0) is 19.3 Å². The number of hydrogen-bond donors (Lipinski definition) is 0. The van der Waals surface area contributed by atoms with Crippen molar-refractivity contribution in [2.45, 2.75) is 43.9 Å². The van der Waals surface area contributed by atoms with Gasteiger partial charge in [0.2, 0.25) is 0 Å². The predicted molar refractivity (Wildman–Crippen MR) is 89.3 cm³/mol. The molecule has 21 heavy (non-hydrogen) atoms. The van der Waals surface area contributed by atoms with Gasteiger partial charge in [0.05, 0.1) is 5.38 Å². The van der Waals surface area contributed by atoms with Crippen molar-refractivity contribution < 1.29 is 4.39 Å². The van der Waals surface area contributed by atoms with Crippen LogP contribution < -0.4 is 0 Å². The number of fused-ring (bicyclic) bond motifs is 1. The third-order valence-electron chi connectivity index (χ3n) is 4.02. The Morgan fingerprint density at radius 3 is 2.81 bits per heavy atom. The highest BCUT2D eigenvalue weighted by atomic mass is 35.5. The Hall–Kier alpha value is -0.570. The van der Waals surface area contributed by atoms with E-state index in [2.05, 4.69) is 6.07 Å². The van der Waals surface area contributed by atoms with E-state index in [0.29, 0.717) is 17.0 Å². The molecule has 0 spiro atoms. The van der Waals surface area contributed by atoms with E-state index in [0.717, 1.165) is 17.7 Å². The summed E-state index contributed by atoms with van der Waals surface area (Å²) < 4.78 is 13.9. The fraction of sp³-hybridized carbons (Fsp3) is 0.412. The zero-order valence-corrected chi connectivity index (χ0v) is 14.0. The molecular formula is C17H17Cl2FS. The first-order valence-corrected chi connectivity index (χ1v) is 8.96. The number of halogens is 3. The molecule has 0 nitrogen and oxygen atoms in total. The summed E-state index contributed by atoms with van der Waals surface area (Å²) >= 11 is 14.4. The fourth-order valence-electron chi connectivity index (χ4n) is 2.85. The third-order valence-corrected chi connectivity index (χ3v) is 6.24. The predicted octanol–water partition coefficient (Wildman–Crippen LogP) is 6.33. The molecule has 0 saturated heterocycles. The number of aryl methyl sites for hydroxylation is 2. The Balaban J connectivity index is 1.81. The van der Waals surface area contributed by atoms with Crippen LogP contribution in [-0.4, -0.2) is 0 Å². The minimum atomic E-state index is -0.272. The molecule has 112 valence electrons. The molecule has 1 aliphatic carbocycles. The zero-order chi connectivity index (χ0) is 14.8. The monoisotopic (exact) mass is 342 g/mol. The van der Waals surface area contributed by atoms with Crippen LogP contribution in [0.1, 0.15) is 45.5 Å². The summed E-state index contributed by atoms with van der Waals surface area (Å²) in [7, 11) is 0. The second-order valence-electron chi connectivity index (χ2n) is 5.53. The number of rotatable bonds is 3. The van der Waals surface area contributed by atoms with Crippen LogP contribution >= 0.6 is 34.5 Å². The van der Waals surface area contributed by atoms with Gasteiger partial charge >= 0.3 is 0 Å². The van der Waals surface area contributed by atoms with Gasteiger partial charge in [-0.05, 0) is 55.9 Å². The lowest BCUT2D eigenvalue weighted by Crippen LogP contribution is -1.98. The van der Waals surface area contributed by atoms with Crippen LogP contribution in [0.2, 0.25) is 5.02 Å². The molecule has 1 aromatic carbocycles. The second-order valence-corrected chi connectivity index (χ2v) is 7.63. The molecule has 3 rings (SSSR count). The first kappa shape index (κ1) is 15.3. The number of benzene rings is 1. The molecule has 0 aliphatic heterocycles. The quantitative estimate of drug-likeness (QED) is 0.451. The van der Waals surface area contributed by atoms with Gasteiger partial charge in [0.15, 0.2) is 0 Å². The first-order valence-electron chi connectivity index (χ1n) is 7.33. The molecule has 0 saturated carbocycles. The molecule has 0 N–H and O–H groups in total. The van der Waals surface area contributed by atoms with Gasteiger partial charge in [0.25, 0.3) is 0 Å². The van der Waals surface area contributed by atoms with Crippen molar-refractivity contribution in [2.24, 2.45) is 0 Å². The highest BCUT2D eigenvalue weighted by molar-refractivity contribution is 7.12. The SMILES string of the molecule is Fc1cccc(Cl)c1CC(Cl)c1cc2c(s1)CCCCC2. The van der Waals surface area contributed by atoms with Gasteiger partial charge in [0.1, 0.15) is 5.82 Å². The van der Waals surface area contributed by atoms with E-state index in [1.165, 1.54) is 35.8 Å². The lowest BCUT2D eigenvalue weighted by atomic mass is 10.1. The van der Waals surface area contributed by atoms with Gasteiger partial charge in [-0.1, -0.05) is 24.1 Å². The standard InChI is InChI=1S/C17H17Cl2FS/c18-13-6-4-7-15(20)12(13)10-14(19)17-9-11-5-2-1-3-8-16(11)21-17/h4,6-7,9,14H,1-3,5,8,10H2. The van der Waals surface area contributed by atoms with Gasteiger partial charge in [-0.25, -0.2) is 4.39 Å².